The summed E-state index contributed by atoms with van der Waals surface area (Å²) in [4.78, 5) is 20.9. The van der Waals surface area contributed by atoms with E-state index in [0.29, 0.717) is 28.4 Å². The van der Waals surface area contributed by atoms with Gasteiger partial charge in [-0.15, -0.1) is 0 Å². The Morgan fingerprint density at radius 2 is 1.67 bits per heavy atom. The van der Waals surface area contributed by atoms with Gasteiger partial charge in [-0.05, 0) is 60.7 Å². The van der Waals surface area contributed by atoms with Gasteiger partial charge < -0.3 is 10.1 Å². The van der Waals surface area contributed by atoms with Crippen LogP contribution < -0.4 is 10.1 Å². The Labute approximate surface area is 171 Å². The summed E-state index contributed by atoms with van der Waals surface area (Å²) in [6, 6.07) is 19.5. The van der Waals surface area contributed by atoms with Crippen LogP contribution in [0.5, 0.6) is 11.6 Å². The van der Waals surface area contributed by atoms with E-state index >= 15 is 0 Å². The maximum absolute atomic E-state index is 13.3. The van der Waals surface area contributed by atoms with Crippen LogP contribution in [0.1, 0.15) is 10.4 Å². The van der Waals surface area contributed by atoms with Gasteiger partial charge in [-0.2, -0.15) is 4.98 Å². The van der Waals surface area contributed by atoms with E-state index in [4.69, 9.17) is 4.74 Å². The van der Waals surface area contributed by atoms with E-state index < -0.39 is 11.7 Å². The van der Waals surface area contributed by atoms with Crippen molar-refractivity contribution in [1.29, 1.82) is 0 Å². The van der Waals surface area contributed by atoms with Crippen LogP contribution in [0.15, 0.2) is 85.1 Å². The van der Waals surface area contributed by atoms with Crippen molar-refractivity contribution >= 4 is 11.6 Å². The largest absolute Gasteiger partial charge is 0.439 e. The third-order valence-electron chi connectivity index (χ3n) is 4.13. The van der Waals surface area contributed by atoms with E-state index in [1.165, 1.54) is 36.5 Å². The molecule has 0 spiro atoms. The van der Waals surface area contributed by atoms with Crippen molar-refractivity contribution in [3.8, 4) is 23.0 Å². The second-order valence-electron chi connectivity index (χ2n) is 6.32. The highest BCUT2D eigenvalue weighted by molar-refractivity contribution is 6.04. The van der Waals surface area contributed by atoms with Crippen molar-refractivity contribution in [2.75, 3.05) is 5.32 Å². The number of rotatable bonds is 5. The van der Waals surface area contributed by atoms with Gasteiger partial charge in [0, 0.05) is 29.1 Å². The van der Waals surface area contributed by atoms with Crippen molar-refractivity contribution in [2.45, 2.75) is 0 Å². The molecule has 1 heterocycles. The van der Waals surface area contributed by atoms with Gasteiger partial charge in [0.25, 0.3) is 5.91 Å². The first kappa shape index (κ1) is 19.2. The third-order valence-corrected chi connectivity index (χ3v) is 4.13. The highest BCUT2D eigenvalue weighted by atomic mass is 19.1. The molecule has 0 aliphatic heterocycles. The molecular formula is C23H15F2N3O2. The lowest BCUT2D eigenvalue weighted by atomic mass is 10.2. The number of carbonyl (C=O) groups excluding carboxylic acids is 1. The molecule has 0 radical (unpaired) electrons. The number of hydrogen-bond acceptors (Lipinski definition) is 4. The first-order chi connectivity index (χ1) is 14.6. The monoisotopic (exact) mass is 403 g/mol. The minimum absolute atomic E-state index is 0.270. The lowest BCUT2D eigenvalue weighted by molar-refractivity contribution is 0.102. The summed E-state index contributed by atoms with van der Waals surface area (Å²) in [7, 11) is 0. The fourth-order valence-corrected chi connectivity index (χ4v) is 2.73. The average molecular weight is 403 g/mol. The number of anilines is 1. The number of benzene rings is 3. The normalized spacial score (nSPS) is 10.5. The molecule has 1 amide bonds. The van der Waals surface area contributed by atoms with Crippen molar-refractivity contribution in [1.82, 2.24) is 9.97 Å². The molecule has 148 valence electrons. The van der Waals surface area contributed by atoms with Gasteiger partial charge in [-0.25, -0.2) is 13.8 Å². The van der Waals surface area contributed by atoms with Gasteiger partial charge in [-0.3, -0.25) is 4.79 Å². The SMILES string of the molecule is O=C(Nc1cccc(F)c1)c1cccc(Oc2ccnc(-c3ccc(F)cc3)n2)c1. The Morgan fingerprint density at radius 3 is 2.47 bits per heavy atom. The Bertz CT molecular complexity index is 1200. The molecule has 0 aliphatic carbocycles. The average Bonchev–Trinajstić information content (AvgIpc) is 2.75. The Hall–Kier alpha value is -4.13. The van der Waals surface area contributed by atoms with Crippen LogP contribution in [-0.4, -0.2) is 15.9 Å². The number of hydrogen-bond donors (Lipinski definition) is 1. The van der Waals surface area contributed by atoms with Crippen LogP contribution >= 0.6 is 0 Å². The Morgan fingerprint density at radius 1 is 0.867 bits per heavy atom. The first-order valence-corrected chi connectivity index (χ1v) is 9.01. The zero-order valence-electron chi connectivity index (χ0n) is 15.5. The van der Waals surface area contributed by atoms with Crippen LogP contribution in [0.3, 0.4) is 0 Å². The molecule has 0 fully saturated rings. The predicted octanol–water partition coefficient (Wildman–Crippen LogP) is 5.47. The summed E-state index contributed by atoms with van der Waals surface area (Å²) in [6.45, 7) is 0. The molecule has 4 aromatic rings. The third kappa shape index (κ3) is 4.64. The summed E-state index contributed by atoms with van der Waals surface area (Å²) >= 11 is 0. The van der Waals surface area contributed by atoms with E-state index in [9.17, 15) is 13.6 Å². The molecule has 4 rings (SSSR count). The molecule has 0 bridgehead atoms. The van der Waals surface area contributed by atoms with Crippen molar-refractivity contribution in [2.24, 2.45) is 0 Å². The van der Waals surface area contributed by atoms with E-state index in [2.05, 4.69) is 15.3 Å². The number of nitrogens with zero attached hydrogens (tertiary/aromatic N) is 2. The minimum Gasteiger partial charge on any atom is -0.439 e. The van der Waals surface area contributed by atoms with Gasteiger partial charge in [0.1, 0.15) is 17.4 Å². The van der Waals surface area contributed by atoms with Crippen LogP contribution in [0.25, 0.3) is 11.4 Å². The molecule has 0 aliphatic rings. The van der Waals surface area contributed by atoms with Crippen molar-refractivity contribution in [3.05, 3.63) is 102 Å². The molecule has 7 heteroatoms. The van der Waals surface area contributed by atoms with E-state index in [1.807, 2.05) is 0 Å². The number of aromatic nitrogens is 2. The topological polar surface area (TPSA) is 64.1 Å². The molecular weight excluding hydrogens is 388 g/mol. The van der Waals surface area contributed by atoms with Gasteiger partial charge in [0.15, 0.2) is 5.82 Å². The maximum atomic E-state index is 13.3. The fourth-order valence-electron chi connectivity index (χ4n) is 2.73. The fraction of sp³-hybridized carbons (Fsp3) is 0. The number of nitrogens with one attached hydrogen (secondary N) is 1. The molecule has 1 N–H and O–H groups in total. The number of ether oxygens (including phenoxy) is 1. The number of halogens is 2. The standard InChI is InChI=1S/C23H15F2N3O2/c24-17-9-7-15(8-10-17)22-26-12-11-21(28-22)30-20-6-1-3-16(13-20)23(29)27-19-5-2-4-18(25)14-19/h1-14H,(H,27,29). The molecule has 5 nitrogen and oxygen atoms in total. The molecule has 0 atom stereocenters. The summed E-state index contributed by atoms with van der Waals surface area (Å²) in [6.07, 6.45) is 1.53. The van der Waals surface area contributed by atoms with Crippen molar-refractivity contribution in [3.63, 3.8) is 0 Å². The summed E-state index contributed by atoms with van der Waals surface area (Å²) in [5.41, 5.74) is 1.33. The highest BCUT2D eigenvalue weighted by Crippen LogP contribution is 2.23. The van der Waals surface area contributed by atoms with Crippen LogP contribution in [0.2, 0.25) is 0 Å². The van der Waals surface area contributed by atoms with E-state index in [0.717, 1.165) is 0 Å². The van der Waals surface area contributed by atoms with E-state index in [1.54, 1.807) is 48.5 Å². The quantitative estimate of drug-likeness (QED) is 0.480. The molecule has 1 aromatic heterocycles. The number of amides is 1. The molecule has 30 heavy (non-hydrogen) atoms. The van der Waals surface area contributed by atoms with Gasteiger partial charge in [-0.1, -0.05) is 12.1 Å². The lowest BCUT2D eigenvalue weighted by Gasteiger charge is -2.09. The van der Waals surface area contributed by atoms with Gasteiger partial charge >= 0.3 is 0 Å². The second-order valence-corrected chi connectivity index (χ2v) is 6.32. The molecule has 0 saturated carbocycles. The zero-order chi connectivity index (χ0) is 20.9. The first-order valence-electron chi connectivity index (χ1n) is 9.01. The summed E-state index contributed by atoms with van der Waals surface area (Å²) in [5, 5.41) is 2.63. The van der Waals surface area contributed by atoms with Crippen LogP contribution in [-0.2, 0) is 0 Å². The van der Waals surface area contributed by atoms with Crippen LogP contribution in [0.4, 0.5) is 14.5 Å². The summed E-state index contributed by atoms with van der Waals surface area (Å²) < 4.78 is 32.2. The zero-order valence-corrected chi connectivity index (χ0v) is 15.5. The Kier molecular flexibility index (Phi) is 5.43. The molecule has 0 saturated heterocycles. The maximum Gasteiger partial charge on any atom is 0.255 e. The van der Waals surface area contributed by atoms with E-state index in [-0.39, 0.29) is 11.7 Å². The lowest BCUT2D eigenvalue weighted by Crippen LogP contribution is -2.11. The second kappa shape index (κ2) is 8.48. The Balaban J connectivity index is 1.51. The molecule has 0 unspecified atom stereocenters. The van der Waals surface area contributed by atoms with Gasteiger partial charge in [0.05, 0.1) is 0 Å². The number of carbonyl (C=O) groups is 1. The highest BCUT2D eigenvalue weighted by Gasteiger charge is 2.10. The predicted molar refractivity (Wildman–Crippen MR) is 108 cm³/mol. The van der Waals surface area contributed by atoms with Gasteiger partial charge in [0.2, 0.25) is 5.88 Å². The summed E-state index contributed by atoms with van der Waals surface area (Å²) in [5.74, 6) is -0.143. The minimum atomic E-state index is -0.439. The smallest absolute Gasteiger partial charge is 0.255 e. The van der Waals surface area contributed by atoms with Crippen LogP contribution in [0, 0.1) is 11.6 Å². The van der Waals surface area contributed by atoms with Crippen molar-refractivity contribution < 1.29 is 18.3 Å². The molecule has 3 aromatic carbocycles.